The fourth-order valence-corrected chi connectivity index (χ4v) is 5.76. The molecular weight excluding hydrogens is 390 g/mol. The van der Waals surface area contributed by atoms with E-state index in [9.17, 15) is 19.5 Å². The molecule has 2 aromatic rings. The maximum absolute atomic E-state index is 12.5. The highest BCUT2D eigenvalue weighted by Crippen LogP contribution is 2.44. The number of thiophene rings is 1. The molecule has 4 heterocycles. The minimum atomic E-state index is -1.47. The molecule has 1 amide bonds. The molecule has 0 saturated carbocycles. The number of rotatable bonds is 2. The number of nitrogens with one attached hydrogen (secondary N) is 1. The number of amides is 1. The van der Waals surface area contributed by atoms with Crippen LogP contribution in [0.15, 0.2) is 32.7 Å². The summed E-state index contributed by atoms with van der Waals surface area (Å²) in [6.45, 7) is 0.262. The standard InChI is InChI=1S/C16H7N5O2S3/c17-4-8-9(5-18)21-14(13(20-8)10-2-1-3-24-10)11-7-26(23)12-6-19-16(22)15(12)25-11/h1-3,7H,6H2,(H,19,22). The van der Waals surface area contributed by atoms with Crippen LogP contribution in [-0.2, 0) is 15.6 Å². The van der Waals surface area contributed by atoms with E-state index in [0.717, 1.165) is 16.6 Å². The van der Waals surface area contributed by atoms with Gasteiger partial charge in [0.15, 0.2) is 11.4 Å². The summed E-state index contributed by atoms with van der Waals surface area (Å²) < 4.78 is 12.5. The Morgan fingerprint density at radius 2 is 1.92 bits per heavy atom. The van der Waals surface area contributed by atoms with Crippen molar-refractivity contribution in [1.82, 2.24) is 15.3 Å². The number of aromatic nitrogens is 2. The molecule has 0 fully saturated rings. The van der Waals surface area contributed by atoms with Gasteiger partial charge in [0.25, 0.3) is 5.91 Å². The minimum absolute atomic E-state index is 0.0688. The Morgan fingerprint density at radius 3 is 2.58 bits per heavy atom. The third kappa shape index (κ3) is 2.65. The molecule has 4 rings (SSSR count). The Labute approximate surface area is 158 Å². The molecule has 10 heteroatoms. The average Bonchev–Trinajstić information content (AvgIpc) is 3.31. The molecule has 0 spiro atoms. The Bertz CT molecular complexity index is 1120. The lowest BCUT2D eigenvalue weighted by atomic mass is 10.2. The fourth-order valence-electron chi connectivity index (χ4n) is 2.47. The summed E-state index contributed by atoms with van der Waals surface area (Å²) in [4.78, 5) is 22.8. The van der Waals surface area contributed by atoms with Crippen LogP contribution in [0.4, 0.5) is 0 Å². The molecule has 126 valence electrons. The number of carbonyl (C=O) groups excluding carboxylic acids is 1. The topological polar surface area (TPSA) is 120 Å². The van der Waals surface area contributed by atoms with Crippen LogP contribution in [0.3, 0.4) is 0 Å². The van der Waals surface area contributed by atoms with Gasteiger partial charge in [0, 0.05) is 10.3 Å². The summed E-state index contributed by atoms with van der Waals surface area (Å²) in [5, 5.41) is 24.5. The predicted octanol–water partition coefficient (Wildman–Crippen LogP) is 2.08. The zero-order valence-corrected chi connectivity index (χ0v) is 15.3. The zero-order chi connectivity index (χ0) is 18.3. The van der Waals surface area contributed by atoms with Gasteiger partial charge >= 0.3 is 0 Å². The van der Waals surface area contributed by atoms with Crippen LogP contribution in [0.2, 0.25) is 0 Å². The Kier molecular flexibility index (Phi) is 4.17. The van der Waals surface area contributed by atoms with Crippen LogP contribution < -0.4 is 5.32 Å². The Morgan fingerprint density at radius 1 is 1.19 bits per heavy atom. The summed E-state index contributed by atoms with van der Waals surface area (Å²) in [5.41, 5.74) is 0.591. The van der Waals surface area contributed by atoms with Crippen LogP contribution in [-0.4, -0.2) is 26.6 Å². The first-order valence-electron chi connectivity index (χ1n) is 7.20. The number of carbonyl (C=O) groups is 1. The van der Waals surface area contributed by atoms with E-state index in [1.165, 1.54) is 16.7 Å². The van der Waals surface area contributed by atoms with Gasteiger partial charge in [0.1, 0.15) is 23.5 Å². The van der Waals surface area contributed by atoms with Crippen molar-refractivity contribution in [3.8, 4) is 22.7 Å². The van der Waals surface area contributed by atoms with Crippen LogP contribution in [0, 0.1) is 22.7 Å². The number of hydrogen-bond donors (Lipinski definition) is 1. The second-order valence-electron chi connectivity index (χ2n) is 5.14. The van der Waals surface area contributed by atoms with E-state index in [1.807, 2.05) is 29.7 Å². The third-order valence-corrected chi connectivity index (χ3v) is 7.24. The van der Waals surface area contributed by atoms with Gasteiger partial charge in [-0.3, -0.25) is 4.79 Å². The maximum atomic E-state index is 12.5. The third-order valence-electron chi connectivity index (χ3n) is 3.63. The first-order chi connectivity index (χ1) is 12.6. The molecule has 0 saturated heterocycles. The van der Waals surface area contributed by atoms with Crippen LogP contribution >= 0.6 is 23.1 Å². The molecule has 0 bridgehead atoms. The maximum Gasteiger partial charge on any atom is 0.259 e. The smallest absolute Gasteiger partial charge is 0.259 e. The van der Waals surface area contributed by atoms with Crippen molar-refractivity contribution < 1.29 is 9.00 Å². The van der Waals surface area contributed by atoms with Gasteiger partial charge in [-0.15, -0.1) is 11.3 Å². The minimum Gasteiger partial charge on any atom is -0.347 e. The first-order valence-corrected chi connectivity index (χ1v) is 10.1. The molecule has 0 radical (unpaired) electrons. The van der Waals surface area contributed by atoms with E-state index in [2.05, 4.69) is 15.3 Å². The molecule has 1 N–H and O–H groups in total. The van der Waals surface area contributed by atoms with Crippen molar-refractivity contribution >= 4 is 44.7 Å². The van der Waals surface area contributed by atoms with Gasteiger partial charge in [0.05, 0.1) is 32.0 Å². The predicted molar refractivity (Wildman–Crippen MR) is 98.5 cm³/mol. The van der Waals surface area contributed by atoms with E-state index < -0.39 is 10.8 Å². The Hall–Kier alpha value is -2.79. The van der Waals surface area contributed by atoms with Gasteiger partial charge in [-0.25, -0.2) is 14.2 Å². The lowest BCUT2D eigenvalue weighted by molar-refractivity contribution is -0.116. The summed E-state index contributed by atoms with van der Waals surface area (Å²) in [7, 11) is -1.47. The van der Waals surface area contributed by atoms with Gasteiger partial charge in [-0.1, -0.05) is 17.8 Å². The molecule has 1 atom stereocenters. The molecule has 26 heavy (non-hydrogen) atoms. The average molecular weight is 397 g/mol. The number of nitriles is 2. The number of thioether (sulfide) groups is 1. The van der Waals surface area contributed by atoms with Crippen molar-refractivity contribution in [2.45, 2.75) is 0 Å². The van der Waals surface area contributed by atoms with E-state index >= 15 is 0 Å². The highest BCUT2D eigenvalue weighted by atomic mass is 32.2. The monoisotopic (exact) mass is 397 g/mol. The lowest BCUT2D eigenvalue weighted by Gasteiger charge is -2.15. The molecule has 0 aromatic carbocycles. The lowest BCUT2D eigenvalue weighted by Crippen LogP contribution is -2.16. The summed E-state index contributed by atoms with van der Waals surface area (Å²) in [5.74, 6) is -0.274. The number of hydrogen-bond acceptors (Lipinski definition) is 8. The van der Waals surface area contributed by atoms with E-state index in [1.54, 1.807) is 0 Å². The molecular formula is C16H7N5O2S3. The van der Waals surface area contributed by atoms with Crippen LogP contribution in [0.5, 0.6) is 0 Å². The highest BCUT2D eigenvalue weighted by molar-refractivity contribution is 8.15. The van der Waals surface area contributed by atoms with Crippen molar-refractivity contribution in [2.75, 3.05) is 6.54 Å². The second kappa shape index (κ2) is 6.50. The summed E-state index contributed by atoms with van der Waals surface area (Å²) in [6, 6.07) is 7.41. The molecule has 7 nitrogen and oxygen atoms in total. The number of nitrogens with zero attached hydrogens (tertiary/aromatic N) is 4. The van der Waals surface area contributed by atoms with E-state index in [-0.39, 0.29) is 23.8 Å². The normalized spacial score (nSPS) is 18.6. The van der Waals surface area contributed by atoms with Gasteiger partial charge in [-0.2, -0.15) is 10.5 Å². The van der Waals surface area contributed by atoms with Crippen molar-refractivity contribution in [3.63, 3.8) is 0 Å². The largest absolute Gasteiger partial charge is 0.347 e. The summed E-state index contributed by atoms with van der Waals surface area (Å²) in [6.07, 6.45) is 0. The molecule has 2 aliphatic rings. The Balaban J connectivity index is 1.91. The van der Waals surface area contributed by atoms with Crippen molar-refractivity contribution in [1.29, 1.82) is 10.5 Å². The zero-order valence-electron chi connectivity index (χ0n) is 12.8. The van der Waals surface area contributed by atoms with Crippen LogP contribution in [0.25, 0.3) is 15.5 Å². The molecule has 0 aliphatic carbocycles. The van der Waals surface area contributed by atoms with Gasteiger partial charge in [0.2, 0.25) is 0 Å². The van der Waals surface area contributed by atoms with Gasteiger partial charge in [-0.05, 0) is 11.4 Å². The molecule has 2 aliphatic heterocycles. The molecule has 1 unspecified atom stereocenters. The first kappa shape index (κ1) is 16.7. The second-order valence-corrected chi connectivity index (χ2v) is 8.46. The van der Waals surface area contributed by atoms with E-state index in [0.29, 0.717) is 26.1 Å². The van der Waals surface area contributed by atoms with Crippen LogP contribution in [0.1, 0.15) is 17.1 Å². The van der Waals surface area contributed by atoms with Crippen molar-refractivity contribution in [2.24, 2.45) is 0 Å². The summed E-state index contributed by atoms with van der Waals surface area (Å²) >= 11 is 2.57. The van der Waals surface area contributed by atoms with E-state index in [4.69, 9.17) is 0 Å². The quantitative estimate of drug-likeness (QED) is 0.824. The van der Waals surface area contributed by atoms with Gasteiger partial charge < -0.3 is 5.32 Å². The highest BCUT2D eigenvalue weighted by Gasteiger charge is 2.33. The fraction of sp³-hybridized carbons (Fsp3) is 0.0625. The van der Waals surface area contributed by atoms with Crippen molar-refractivity contribution in [3.05, 3.63) is 49.8 Å². The SMILES string of the molecule is N#Cc1nc(C2=CS(=O)C3=C(S2)C(=O)NC3)c(-c2cccs2)nc1C#N. The molecule has 2 aromatic heterocycles.